The standard InChI is InChI=1S/C16H24N2O3/c1-3-4-5-11-17-12-10-15(19)18-14-8-6-13(7-9-14)16(20)21-2/h6-9,17H,3-5,10-12H2,1-2H3,(H,18,19). The molecule has 0 aliphatic carbocycles. The molecule has 116 valence electrons. The number of methoxy groups -OCH3 is 1. The summed E-state index contributed by atoms with van der Waals surface area (Å²) in [7, 11) is 1.34. The molecular formula is C16H24N2O3. The molecule has 1 aromatic rings. The van der Waals surface area contributed by atoms with Gasteiger partial charge in [-0.1, -0.05) is 19.8 Å². The molecule has 0 aliphatic heterocycles. The van der Waals surface area contributed by atoms with Crippen LogP contribution in [0.2, 0.25) is 0 Å². The van der Waals surface area contributed by atoms with Crippen LogP contribution in [0.3, 0.4) is 0 Å². The summed E-state index contributed by atoms with van der Waals surface area (Å²) in [4.78, 5) is 23.0. The van der Waals surface area contributed by atoms with E-state index in [9.17, 15) is 9.59 Å². The van der Waals surface area contributed by atoms with E-state index in [0.29, 0.717) is 24.2 Å². The van der Waals surface area contributed by atoms with Crippen LogP contribution in [0.1, 0.15) is 43.0 Å². The molecule has 2 N–H and O–H groups in total. The number of benzene rings is 1. The minimum atomic E-state index is -0.385. The van der Waals surface area contributed by atoms with Crippen LogP contribution in [-0.4, -0.2) is 32.1 Å². The Morgan fingerprint density at radius 2 is 1.81 bits per heavy atom. The number of carbonyl (C=O) groups excluding carboxylic acids is 2. The number of esters is 1. The second-order valence-corrected chi connectivity index (χ2v) is 4.82. The molecule has 0 fully saturated rings. The van der Waals surface area contributed by atoms with Gasteiger partial charge in [0, 0.05) is 18.7 Å². The number of amides is 1. The predicted octanol–water partition coefficient (Wildman–Crippen LogP) is 2.58. The van der Waals surface area contributed by atoms with E-state index in [1.807, 2.05) is 0 Å². The van der Waals surface area contributed by atoms with Gasteiger partial charge in [-0.3, -0.25) is 4.79 Å². The second kappa shape index (κ2) is 9.94. The van der Waals surface area contributed by atoms with Crippen molar-refractivity contribution in [1.82, 2.24) is 5.32 Å². The summed E-state index contributed by atoms with van der Waals surface area (Å²) >= 11 is 0. The summed E-state index contributed by atoms with van der Waals surface area (Å²) in [6.07, 6.45) is 3.99. The van der Waals surface area contributed by atoms with E-state index in [2.05, 4.69) is 22.3 Å². The molecule has 0 saturated carbocycles. The highest BCUT2D eigenvalue weighted by Gasteiger charge is 2.06. The van der Waals surface area contributed by atoms with E-state index < -0.39 is 0 Å². The second-order valence-electron chi connectivity index (χ2n) is 4.82. The molecule has 21 heavy (non-hydrogen) atoms. The summed E-state index contributed by atoms with van der Waals surface area (Å²) in [6.45, 7) is 3.80. The van der Waals surface area contributed by atoms with Crippen LogP contribution in [0, 0.1) is 0 Å². The maximum absolute atomic E-state index is 11.7. The number of carbonyl (C=O) groups is 2. The Kier molecular flexibility index (Phi) is 8.12. The molecule has 0 bridgehead atoms. The largest absolute Gasteiger partial charge is 0.465 e. The third-order valence-corrected chi connectivity index (χ3v) is 3.08. The van der Waals surface area contributed by atoms with Crippen LogP contribution in [0.25, 0.3) is 0 Å². The van der Waals surface area contributed by atoms with Gasteiger partial charge in [0.15, 0.2) is 0 Å². The van der Waals surface area contributed by atoms with Crippen LogP contribution in [0.15, 0.2) is 24.3 Å². The van der Waals surface area contributed by atoms with Gasteiger partial charge < -0.3 is 15.4 Å². The summed E-state index contributed by atoms with van der Waals surface area (Å²) in [5, 5.41) is 6.04. The highest BCUT2D eigenvalue weighted by Crippen LogP contribution is 2.10. The molecule has 0 aliphatic rings. The SMILES string of the molecule is CCCCCNCCC(=O)Nc1ccc(C(=O)OC)cc1. The van der Waals surface area contributed by atoms with Crippen molar-refractivity contribution in [2.24, 2.45) is 0 Å². The smallest absolute Gasteiger partial charge is 0.337 e. The highest BCUT2D eigenvalue weighted by molar-refractivity contribution is 5.93. The highest BCUT2D eigenvalue weighted by atomic mass is 16.5. The topological polar surface area (TPSA) is 67.4 Å². The Morgan fingerprint density at radius 1 is 1.10 bits per heavy atom. The van der Waals surface area contributed by atoms with Crippen molar-refractivity contribution in [3.8, 4) is 0 Å². The number of hydrogen-bond acceptors (Lipinski definition) is 4. The normalized spacial score (nSPS) is 10.2. The van der Waals surface area contributed by atoms with Gasteiger partial charge in [-0.25, -0.2) is 4.79 Å². The van der Waals surface area contributed by atoms with Crippen LogP contribution in [-0.2, 0) is 9.53 Å². The first-order valence-electron chi connectivity index (χ1n) is 7.36. The van der Waals surface area contributed by atoms with E-state index in [1.165, 1.54) is 20.0 Å². The van der Waals surface area contributed by atoms with Gasteiger partial charge in [0.05, 0.1) is 12.7 Å². The number of unbranched alkanes of at least 4 members (excludes halogenated alkanes) is 2. The van der Waals surface area contributed by atoms with Crippen molar-refractivity contribution in [3.05, 3.63) is 29.8 Å². The summed E-state index contributed by atoms with van der Waals surface area (Å²) in [5.74, 6) is -0.423. The van der Waals surface area contributed by atoms with Crippen LogP contribution in [0.4, 0.5) is 5.69 Å². The zero-order chi connectivity index (χ0) is 15.5. The van der Waals surface area contributed by atoms with Gasteiger partial charge in [0.2, 0.25) is 5.91 Å². The van der Waals surface area contributed by atoms with E-state index >= 15 is 0 Å². The Morgan fingerprint density at radius 3 is 2.43 bits per heavy atom. The molecular weight excluding hydrogens is 268 g/mol. The fourth-order valence-electron chi connectivity index (χ4n) is 1.86. The predicted molar refractivity (Wildman–Crippen MR) is 83.4 cm³/mol. The fourth-order valence-corrected chi connectivity index (χ4v) is 1.86. The van der Waals surface area contributed by atoms with Crippen LogP contribution < -0.4 is 10.6 Å². The van der Waals surface area contributed by atoms with Crippen molar-refractivity contribution >= 4 is 17.6 Å². The first kappa shape index (κ1) is 17.2. The van der Waals surface area contributed by atoms with Crippen molar-refractivity contribution in [3.63, 3.8) is 0 Å². The average Bonchev–Trinajstić information content (AvgIpc) is 2.50. The molecule has 0 aromatic heterocycles. The summed E-state index contributed by atoms with van der Waals surface area (Å²) in [6, 6.07) is 6.65. The molecule has 1 rings (SSSR count). The maximum Gasteiger partial charge on any atom is 0.337 e. The number of ether oxygens (including phenoxy) is 1. The van der Waals surface area contributed by atoms with Gasteiger partial charge in [-0.15, -0.1) is 0 Å². The van der Waals surface area contributed by atoms with Crippen LogP contribution >= 0.6 is 0 Å². The van der Waals surface area contributed by atoms with Gasteiger partial charge in [-0.05, 0) is 37.2 Å². The Bertz CT molecular complexity index is 443. The Hall–Kier alpha value is -1.88. The Balaban J connectivity index is 2.26. The molecule has 0 unspecified atom stereocenters. The van der Waals surface area contributed by atoms with Crippen molar-refractivity contribution in [2.75, 3.05) is 25.5 Å². The molecule has 5 heteroatoms. The van der Waals surface area contributed by atoms with E-state index in [0.717, 1.165) is 13.0 Å². The van der Waals surface area contributed by atoms with Gasteiger partial charge in [0.1, 0.15) is 0 Å². The molecule has 0 radical (unpaired) electrons. The monoisotopic (exact) mass is 292 g/mol. The lowest BCUT2D eigenvalue weighted by molar-refractivity contribution is -0.116. The minimum Gasteiger partial charge on any atom is -0.465 e. The van der Waals surface area contributed by atoms with Gasteiger partial charge in [-0.2, -0.15) is 0 Å². The van der Waals surface area contributed by atoms with Crippen molar-refractivity contribution < 1.29 is 14.3 Å². The summed E-state index contributed by atoms with van der Waals surface area (Å²) in [5.41, 5.74) is 1.15. The first-order chi connectivity index (χ1) is 10.2. The van der Waals surface area contributed by atoms with E-state index in [1.54, 1.807) is 24.3 Å². The molecule has 0 spiro atoms. The first-order valence-corrected chi connectivity index (χ1v) is 7.36. The van der Waals surface area contributed by atoms with E-state index in [-0.39, 0.29) is 11.9 Å². The van der Waals surface area contributed by atoms with Gasteiger partial charge >= 0.3 is 5.97 Å². The molecule has 0 saturated heterocycles. The number of rotatable bonds is 9. The third-order valence-electron chi connectivity index (χ3n) is 3.08. The number of nitrogens with one attached hydrogen (secondary N) is 2. The zero-order valence-corrected chi connectivity index (χ0v) is 12.8. The van der Waals surface area contributed by atoms with Crippen molar-refractivity contribution in [1.29, 1.82) is 0 Å². The molecule has 1 aromatic carbocycles. The molecule has 0 atom stereocenters. The fraction of sp³-hybridized carbons (Fsp3) is 0.500. The minimum absolute atomic E-state index is 0.0381. The quantitative estimate of drug-likeness (QED) is 0.542. The van der Waals surface area contributed by atoms with E-state index in [4.69, 9.17) is 0 Å². The Labute approximate surface area is 126 Å². The lowest BCUT2D eigenvalue weighted by Gasteiger charge is -2.07. The third kappa shape index (κ3) is 6.90. The molecule has 0 heterocycles. The van der Waals surface area contributed by atoms with Crippen molar-refractivity contribution in [2.45, 2.75) is 32.6 Å². The molecule has 1 amide bonds. The lowest BCUT2D eigenvalue weighted by Crippen LogP contribution is -2.22. The number of anilines is 1. The average molecular weight is 292 g/mol. The number of hydrogen-bond donors (Lipinski definition) is 2. The zero-order valence-electron chi connectivity index (χ0n) is 12.8. The van der Waals surface area contributed by atoms with Crippen LogP contribution in [0.5, 0.6) is 0 Å². The maximum atomic E-state index is 11.7. The lowest BCUT2D eigenvalue weighted by atomic mass is 10.2. The van der Waals surface area contributed by atoms with Gasteiger partial charge in [0.25, 0.3) is 0 Å². The summed E-state index contributed by atoms with van der Waals surface area (Å²) < 4.78 is 4.62. The molecule has 5 nitrogen and oxygen atoms in total.